The Morgan fingerprint density at radius 2 is 2.21 bits per heavy atom. The SMILES string of the molecule is CCc1nnsc1C(=O)Nc1ncc(Cc2ccc(C)c(Cl)c2)s1. The summed E-state index contributed by atoms with van der Waals surface area (Å²) in [5.41, 5.74) is 2.89. The van der Waals surface area contributed by atoms with Crippen LogP contribution in [-0.4, -0.2) is 20.5 Å². The summed E-state index contributed by atoms with van der Waals surface area (Å²) < 4.78 is 3.83. The van der Waals surface area contributed by atoms with E-state index in [0.717, 1.165) is 39.0 Å². The molecule has 1 amide bonds. The second-order valence-corrected chi connectivity index (χ2v) is 7.52. The van der Waals surface area contributed by atoms with Gasteiger partial charge in [-0.05, 0) is 42.1 Å². The molecule has 8 heteroatoms. The van der Waals surface area contributed by atoms with Crippen molar-refractivity contribution >= 4 is 45.5 Å². The molecule has 0 aliphatic carbocycles. The van der Waals surface area contributed by atoms with E-state index < -0.39 is 0 Å². The molecule has 0 spiro atoms. The van der Waals surface area contributed by atoms with Gasteiger partial charge in [-0.3, -0.25) is 10.1 Å². The minimum absolute atomic E-state index is 0.207. The molecule has 1 aromatic carbocycles. The van der Waals surface area contributed by atoms with Gasteiger partial charge < -0.3 is 0 Å². The Labute approximate surface area is 152 Å². The zero-order chi connectivity index (χ0) is 17.1. The highest BCUT2D eigenvalue weighted by Gasteiger charge is 2.16. The first kappa shape index (κ1) is 17.0. The summed E-state index contributed by atoms with van der Waals surface area (Å²) in [6.07, 6.45) is 3.19. The normalized spacial score (nSPS) is 10.8. The fraction of sp³-hybridized carbons (Fsp3) is 0.250. The number of carbonyl (C=O) groups is 1. The summed E-state index contributed by atoms with van der Waals surface area (Å²) in [5, 5.41) is 8.10. The van der Waals surface area contributed by atoms with Gasteiger partial charge in [-0.1, -0.05) is 35.1 Å². The summed E-state index contributed by atoms with van der Waals surface area (Å²) >= 11 is 8.72. The van der Waals surface area contributed by atoms with Crippen molar-refractivity contribution in [3.63, 3.8) is 0 Å². The standard InChI is InChI=1S/C16H15ClN4OS2/c1-3-13-14(24-21-20-13)15(22)19-16-18-8-11(23-16)6-10-5-4-9(2)12(17)7-10/h4-5,7-8H,3,6H2,1-2H3,(H,18,19,22). The van der Waals surface area contributed by atoms with Crippen molar-refractivity contribution in [2.24, 2.45) is 0 Å². The monoisotopic (exact) mass is 378 g/mol. The van der Waals surface area contributed by atoms with E-state index in [1.54, 1.807) is 6.20 Å². The maximum Gasteiger partial charge on any atom is 0.271 e. The minimum atomic E-state index is -0.207. The van der Waals surface area contributed by atoms with Crippen LogP contribution in [0.1, 0.15) is 38.3 Å². The number of nitrogens with zero attached hydrogens (tertiary/aromatic N) is 3. The van der Waals surface area contributed by atoms with Crippen molar-refractivity contribution < 1.29 is 4.79 Å². The zero-order valence-electron chi connectivity index (χ0n) is 13.2. The Morgan fingerprint density at radius 3 is 2.96 bits per heavy atom. The largest absolute Gasteiger partial charge is 0.297 e. The molecule has 0 radical (unpaired) electrons. The second kappa shape index (κ2) is 7.38. The van der Waals surface area contributed by atoms with Crippen molar-refractivity contribution in [2.75, 3.05) is 5.32 Å². The van der Waals surface area contributed by atoms with Crippen LogP contribution < -0.4 is 5.32 Å². The number of amides is 1. The molecule has 0 unspecified atom stereocenters. The van der Waals surface area contributed by atoms with Gasteiger partial charge in [0.2, 0.25) is 0 Å². The van der Waals surface area contributed by atoms with Gasteiger partial charge in [0.1, 0.15) is 4.88 Å². The topological polar surface area (TPSA) is 67.8 Å². The Bertz CT molecular complexity index is 875. The maximum absolute atomic E-state index is 12.3. The summed E-state index contributed by atoms with van der Waals surface area (Å²) in [6, 6.07) is 6.02. The molecule has 3 rings (SSSR count). The van der Waals surface area contributed by atoms with Gasteiger partial charge in [0.15, 0.2) is 5.13 Å². The highest BCUT2D eigenvalue weighted by atomic mass is 35.5. The minimum Gasteiger partial charge on any atom is -0.297 e. The molecule has 0 aliphatic heterocycles. The second-order valence-electron chi connectivity index (χ2n) is 5.25. The van der Waals surface area contributed by atoms with E-state index in [1.165, 1.54) is 11.3 Å². The van der Waals surface area contributed by atoms with Gasteiger partial charge in [0.25, 0.3) is 5.91 Å². The molecule has 0 fully saturated rings. The molecule has 0 saturated carbocycles. The summed E-state index contributed by atoms with van der Waals surface area (Å²) in [4.78, 5) is 18.1. The van der Waals surface area contributed by atoms with Gasteiger partial charge >= 0.3 is 0 Å². The van der Waals surface area contributed by atoms with Crippen LogP contribution in [0.25, 0.3) is 0 Å². The van der Waals surface area contributed by atoms with Gasteiger partial charge in [-0.15, -0.1) is 16.4 Å². The molecule has 24 heavy (non-hydrogen) atoms. The molecule has 5 nitrogen and oxygen atoms in total. The summed E-state index contributed by atoms with van der Waals surface area (Å²) in [6.45, 7) is 3.92. The zero-order valence-corrected chi connectivity index (χ0v) is 15.6. The highest BCUT2D eigenvalue weighted by Crippen LogP contribution is 2.24. The number of thiazole rings is 1. The molecule has 2 heterocycles. The van der Waals surface area contributed by atoms with E-state index in [-0.39, 0.29) is 5.91 Å². The van der Waals surface area contributed by atoms with E-state index in [1.807, 2.05) is 26.0 Å². The van der Waals surface area contributed by atoms with Crippen LogP contribution in [-0.2, 0) is 12.8 Å². The molecule has 0 bridgehead atoms. The molecule has 1 N–H and O–H groups in total. The fourth-order valence-corrected chi connectivity index (χ4v) is 3.85. The van der Waals surface area contributed by atoms with Crippen LogP contribution in [0.5, 0.6) is 0 Å². The third kappa shape index (κ3) is 3.80. The number of rotatable bonds is 5. The lowest BCUT2D eigenvalue weighted by Gasteiger charge is -2.02. The van der Waals surface area contributed by atoms with E-state index in [2.05, 4.69) is 26.0 Å². The lowest BCUT2D eigenvalue weighted by molar-refractivity contribution is 0.102. The van der Waals surface area contributed by atoms with Crippen LogP contribution in [0.2, 0.25) is 5.02 Å². The first-order valence-corrected chi connectivity index (χ1v) is 9.36. The van der Waals surface area contributed by atoms with Gasteiger partial charge in [-0.25, -0.2) is 4.98 Å². The molecular formula is C16H15ClN4OS2. The molecular weight excluding hydrogens is 364 g/mol. The van der Waals surface area contributed by atoms with Crippen LogP contribution in [0.4, 0.5) is 5.13 Å². The average Bonchev–Trinajstić information content (AvgIpc) is 3.20. The lowest BCUT2D eigenvalue weighted by atomic mass is 10.1. The Balaban J connectivity index is 1.69. The van der Waals surface area contributed by atoms with Crippen LogP contribution >= 0.6 is 34.5 Å². The van der Waals surface area contributed by atoms with E-state index in [0.29, 0.717) is 22.1 Å². The predicted octanol–water partition coefficient (Wildman–Crippen LogP) is 4.36. The molecule has 0 atom stereocenters. The molecule has 2 aromatic heterocycles. The van der Waals surface area contributed by atoms with Crippen molar-refractivity contribution in [1.29, 1.82) is 0 Å². The number of hydrogen-bond acceptors (Lipinski definition) is 6. The Morgan fingerprint density at radius 1 is 1.38 bits per heavy atom. The number of aryl methyl sites for hydroxylation is 2. The molecule has 124 valence electrons. The van der Waals surface area contributed by atoms with Gasteiger partial charge in [0, 0.05) is 22.5 Å². The van der Waals surface area contributed by atoms with E-state index >= 15 is 0 Å². The van der Waals surface area contributed by atoms with Crippen LogP contribution in [0.3, 0.4) is 0 Å². The summed E-state index contributed by atoms with van der Waals surface area (Å²) in [5.74, 6) is -0.207. The number of anilines is 1. The number of carbonyl (C=O) groups excluding carboxylic acids is 1. The third-order valence-electron chi connectivity index (χ3n) is 3.49. The van der Waals surface area contributed by atoms with Crippen molar-refractivity contribution in [1.82, 2.24) is 14.6 Å². The van der Waals surface area contributed by atoms with Crippen LogP contribution in [0.15, 0.2) is 24.4 Å². The number of nitrogens with one attached hydrogen (secondary N) is 1. The number of hydrogen-bond donors (Lipinski definition) is 1. The van der Waals surface area contributed by atoms with Crippen LogP contribution in [0, 0.1) is 6.92 Å². The molecule has 0 aliphatic rings. The lowest BCUT2D eigenvalue weighted by Crippen LogP contribution is -2.11. The highest BCUT2D eigenvalue weighted by molar-refractivity contribution is 7.16. The van der Waals surface area contributed by atoms with E-state index in [4.69, 9.17) is 11.6 Å². The quantitative estimate of drug-likeness (QED) is 0.716. The predicted molar refractivity (Wildman–Crippen MR) is 98.3 cm³/mol. The third-order valence-corrected chi connectivity index (χ3v) is 5.57. The van der Waals surface area contributed by atoms with Crippen molar-refractivity contribution in [3.05, 3.63) is 56.0 Å². The number of halogens is 1. The molecule has 3 aromatic rings. The smallest absolute Gasteiger partial charge is 0.271 e. The maximum atomic E-state index is 12.3. The van der Waals surface area contributed by atoms with E-state index in [9.17, 15) is 4.79 Å². The average molecular weight is 379 g/mol. The first-order chi connectivity index (χ1) is 11.6. The Hall–Kier alpha value is -1.83. The number of aromatic nitrogens is 3. The van der Waals surface area contributed by atoms with Gasteiger partial charge in [-0.2, -0.15) is 0 Å². The first-order valence-electron chi connectivity index (χ1n) is 7.39. The van der Waals surface area contributed by atoms with Gasteiger partial charge in [0.05, 0.1) is 5.69 Å². The van der Waals surface area contributed by atoms with Crippen molar-refractivity contribution in [3.8, 4) is 0 Å². The fourth-order valence-electron chi connectivity index (χ4n) is 2.16. The Kier molecular flexibility index (Phi) is 5.23. The molecule has 0 saturated heterocycles. The van der Waals surface area contributed by atoms with Crippen molar-refractivity contribution in [2.45, 2.75) is 26.7 Å². The summed E-state index contributed by atoms with van der Waals surface area (Å²) in [7, 11) is 0. The number of benzene rings is 1.